The number of thiazole rings is 1. The van der Waals surface area contributed by atoms with Crippen LogP contribution in [-0.4, -0.2) is 15.2 Å². The van der Waals surface area contributed by atoms with Crippen LogP contribution in [0.4, 0.5) is 5.69 Å². The number of thioether (sulfide) groups is 1. The van der Waals surface area contributed by atoms with Crippen LogP contribution in [-0.2, 0) is 0 Å². The smallest absolute Gasteiger partial charge is 0.305 e. The van der Waals surface area contributed by atoms with Crippen LogP contribution in [0.2, 0.25) is 0 Å². The molecule has 2 aromatic rings. The van der Waals surface area contributed by atoms with Crippen LogP contribution in [0, 0.1) is 27.9 Å². The van der Waals surface area contributed by atoms with Crippen molar-refractivity contribution in [2.45, 2.75) is 35.5 Å². The second-order valence-corrected chi connectivity index (χ2v) is 9.60. The standard InChI is InChI=1S/C19H18N2O3S2/c22-19-20-18-17(26-19)13(15-11-5-6-12(9-11)16(15)25-18)8-7-10-3-1-2-4-14(10)21(23)24/h1-4,7-8,11-13,15-16H,5-6,9H2,(H,20,22)/b8-7+/t11-,12-,13+,15-,16+/m1/s1. The normalized spacial score (nSPS) is 31.9. The van der Waals surface area contributed by atoms with Crippen molar-refractivity contribution in [2.75, 3.05) is 0 Å². The Morgan fingerprint density at radius 1 is 1.23 bits per heavy atom. The second kappa shape index (κ2) is 6.09. The second-order valence-electron chi connectivity index (χ2n) is 7.40. The molecule has 5 nitrogen and oxygen atoms in total. The van der Waals surface area contributed by atoms with Crippen LogP contribution < -0.4 is 4.87 Å². The average molecular weight is 386 g/mol. The highest BCUT2D eigenvalue weighted by Crippen LogP contribution is 2.62. The third-order valence-corrected chi connectivity index (χ3v) is 8.77. The van der Waals surface area contributed by atoms with Gasteiger partial charge in [-0.25, -0.2) is 0 Å². The first-order valence-corrected chi connectivity index (χ1v) is 10.6. The lowest BCUT2D eigenvalue weighted by molar-refractivity contribution is -0.385. The van der Waals surface area contributed by atoms with Crippen LogP contribution in [0.3, 0.4) is 0 Å². The Bertz CT molecular complexity index is 964. The summed E-state index contributed by atoms with van der Waals surface area (Å²) in [6.07, 6.45) is 7.86. The van der Waals surface area contributed by atoms with E-state index in [0.717, 1.165) is 15.8 Å². The molecule has 2 bridgehead atoms. The van der Waals surface area contributed by atoms with Gasteiger partial charge in [0.25, 0.3) is 5.69 Å². The maximum absolute atomic E-state index is 12.0. The molecule has 0 amide bonds. The fraction of sp³-hybridized carbons (Fsp3) is 0.421. The van der Waals surface area contributed by atoms with Crippen LogP contribution in [0.5, 0.6) is 0 Å². The summed E-state index contributed by atoms with van der Waals surface area (Å²) in [5.41, 5.74) is 0.751. The molecule has 0 unspecified atom stereocenters. The van der Waals surface area contributed by atoms with E-state index in [4.69, 9.17) is 0 Å². The first-order chi connectivity index (χ1) is 12.6. The van der Waals surface area contributed by atoms with Gasteiger partial charge in [0.2, 0.25) is 0 Å². The largest absolute Gasteiger partial charge is 0.307 e. The van der Waals surface area contributed by atoms with Gasteiger partial charge >= 0.3 is 4.87 Å². The summed E-state index contributed by atoms with van der Waals surface area (Å²) in [7, 11) is 0. The predicted molar refractivity (Wildman–Crippen MR) is 104 cm³/mol. The molecule has 2 fully saturated rings. The molecule has 7 heteroatoms. The van der Waals surface area contributed by atoms with E-state index in [1.807, 2.05) is 23.9 Å². The quantitative estimate of drug-likeness (QED) is 0.615. The van der Waals surface area contributed by atoms with E-state index < -0.39 is 0 Å². The summed E-state index contributed by atoms with van der Waals surface area (Å²) in [6.45, 7) is 0. The zero-order valence-electron chi connectivity index (χ0n) is 14.0. The lowest BCUT2D eigenvalue weighted by atomic mass is 9.77. The number of rotatable bonds is 3. The highest BCUT2D eigenvalue weighted by molar-refractivity contribution is 8.00. The molecule has 0 radical (unpaired) electrons. The molecule has 3 aliphatic rings. The van der Waals surface area contributed by atoms with E-state index in [1.54, 1.807) is 12.1 Å². The molecule has 1 aromatic heterocycles. The topological polar surface area (TPSA) is 76.0 Å². The minimum Gasteiger partial charge on any atom is -0.307 e. The molecule has 1 aliphatic heterocycles. The van der Waals surface area contributed by atoms with Crippen LogP contribution >= 0.6 is 23.1 Å². The van der Waals surface area contributed by atoms with Gasteiger partial charge in [0.05, 0.1) is 15.5 Å². The van der Waals surface area contributed by atoms with Crippen molar-refractivity contribution in [2.24, 2.45) is 17.8 Å². The SMILES string of the molecule is O=c1[nH]c2c(s1)[C@@H](/C=C/c1ccccc1[N+](=O)[O-])[C@H]1[C@@H]3CC[C@H](C3)[C@@H]1S2. The van der Waals surface area contributed by atoms with Crippen molar-refractivity contribution in [1.29, 1.82) is 0 Å². The van der Waals surface area contributed by atoms with E-state index in [1.165, 1.54) is 36.7 Å². The van der Waals surface area contributed by atoms with E-state index >= 15 is 0 Å². The van der Waals surface area contributed by atoms with Crippen LogP contribution in [0.25, 0.3) is 6.08 Å². The zero-order valence-corrected chi connectivity index (χ0v) is 15.6. The Labute approximate surface area is 158 Å². The molecule has 0 spiro atoms. The van der Waals surface area contributed by atoms with Gasteiger partial charge in [-0.2, -0.15) is 0 Å². The number of nitrogens with one attached hydrogen (secondary N) is 1. The Hall–Kier alpha value is -1.86. The highest BCUT2D eigenvalue weighted by Gasteiger charge is 2.53. The van der Waals surface area contributed by atoms with Crippen LogP contribution in [0.15, 0.2) is 40.2 Å². The van der Waals surface area contributed by atoms with Crippen molar-refractivity contribution < 1.29 is 4.92 Å². The lowest BCUT2D eigenvalue weighted by Gasteiger charge is -2.38. The number of fused-ring (bicyclic) bond motifs is 6. The molecular weight excluding hydrogens is 368 g/mol. The minimum atomic E-state index is -0.336. The van der Waals surface area contributed by atoms with Crippen molar-refractivity contribution in [3.8, 4) is 0 Å². The summed E-state index contributed by atoms with van der Waals surface area (Å²) in [5, 5.41) is 12.9. The van der Waals surface area contributed by atoms with Gasteiger partial charge < -0.3 is 4.98 Å². The number of allylic oxidation sites excluding steroid dienone is 1. The lowest BCUT2D eigenvalue weighted by Crippen LogP contribution is -2.32. The number of para-hydroxylation sites is 1. The monoisotopic (exact) mass is 386 g/mol. The first kappa shape index (κ1) is 16.3. The van der Waals surface area contributed by atoms with E-state index in [-0.39, 0.29) is 21.4 Å². The highest BCUT2D eigenvalue weighted by atomic mass is 32.2. The number of benzene rings is 1. The zero-order chi connectivity index (χ0) is 17.8. The Balaban J connectivity index is 1.56. The van der Waals surface area contributed by atoms with Crippen molar-refractivity contribution in [3.63, 3.8) is 0 Å². The molecule has 2 saturated carbocycles. The number of hydrogen-bond acceptors (Lipinski definition) is 5. The summed E-state index contributed by atoms with van der Waals surface area (Å²) < 4.78 is 0. The summed E-state index contributed by atoms with van der Waals surface area (Å²) in [5.74, 6) is 2.17. The third-order valence-electron chi connectivity index (χ3n) is 6.13. The minimum absolute atomic E-state index is 0.00101. The van der Waals surface area contributed by atoms with Gasteiger partial charge in [-0.1, -0.05) is 35.6 Å². The van der Waals surface area contributed by atoms with Gasteiger partial charge in [-0.05, 0) is 43.1 Å². The molecule has 2 aliphatic carbocycles. The average Bonchev–Trinajstić information content (AvgIpc) is 3.32. The fourth-order valence-electron chi connectivity index (χ4n) is 5.12. The Kier molecular flexibility index (Phi) is 3.83. The molecule has 5 atom stereocenters. The molecular formula is C19H18N2O3S2. The van der Waals surface area contributed by atoms with Gasteiger partial charge in [0.15, 0.2) is 0 Å². The number of nitro groups is 1. The molecule has 26 heavy (non-hydrogen) atoms. The third kappa shape index (κ3) is 2.48. The van der Waals surface area contributed by atoms with E-state index in [2.05, 4.69) is 11.1 Å². The van der Waals surface area contributed by atoms with Crippen LogP contribution in [0.1, 0.15) is 35.6 Å². The van der Waals surface area contributed by atoms with Gasteiger partial charge in [0, 0.05) is 22.1 Å². The molecule has 0 saturated heterocycles. The van der Waals surface area contributed by atoms with Gasteiger partial charge in [0.1, 0.15) is 0 Å². The molecule has 134 valence electrons. The van der Waals surface area contributed by atoms with Crippen molar-refractivity contribution in [3.05, 3.63) is 60.6 Å². The summed E-state index contributed by atoms with van der Waals surface area (Å²) >= 11 is 3.16. The van der Waals surface area contributed by atoms with Gasteiger partial charge in [-0.15, -0.1) is 11.8 Å². The van der Waals surface area contributed by atoms with E-state index in [9.17, 15) is 14.9 Å². The van der Waals surface area contributed by atoms with Crippen molar-refractivity contribution >= 4 is 34.9 Å². The Morgan fingerprint density at radius 3 is 2.88 bits per heavy atom. The molecule has 2 heterocycles. The predicted octanol–water partition coefficient (Wildman–Crippen LogP) is 4.66. The summed E-state index contributed by atoms with van der Waals surface area (Å²) in [6, 6.07) is 6.83. The first-order valence-electron chi connectivity index (χ1n) is 8.93. The Morgan fingerprint density at radius 2 is 2.04 bits per heavy atom. The molecule has 5 rings (SSSR count). The van der Waals surface area contributed by atoms with E-state index in [0.29, 0.717) is 22.6 Å². The van der Waals surface area contributed by atoms with Crippen molar-refractivity contribution in [1.82, 2.24) is 4.98 Å². The van der Waals surface area contributed by atoms with Gasteiger partial charge in [-0.3, -0.25) is 14.9 Å². The number of nitro benzene ring substituents is 1. The number of hydrogen-bond donors (Lipinski definition) is 1. The number of nitrogens with zero attached hydrogens (tertiary/aromatic N) is 1. The number of aromatic nitrogens is 1. The molecule has 1 aromatic carbocycles. The number of aromatic amines is 1. The summed E-state index contributed by atoms with van der Waals surface area (Å²) in [4.78, 5) is 27.0. The number of H-pyrrole nitrogens is 1. The molecule has 1 N–H and O–H groups in total. The fourth-order valence-corrected chi connectivity index (χ4v) is 7.98. The maximum Gasteiger partial charge on any atom is 0.305 e. The maximum atomic E-state index is 12.0.